The Morgan fingerprint density at radius 2 is 0.879 bits per heavy atom. The van der Waals surface area contributed by atoms with E-state index < -0.39 is 0 Å². The molecule has 3 aliphatic rings. The van der Waals surface area contributed by atoms with Crippen LogP contribution in [0.25, 0.3) is 11.1 Å². The lowest BCUT2D eigenvalue weighted by Gasteiger charge is -2.38. The Morgan fingerprint density at radius 1 is 0.424 bits per heavy atom. The van der Waals surface area contributed by atoms with Crippen LogP contribution in [-0.2, 0) is 10.8 Å². The lowest BCUT2D eigenvalue weighted by Crippen LogP contribution is -2.32. The number of allylic oxidation sites excluding steroid dienone is 4. The highest BCUT2D eigenvalue weighted by Gasteiger charge is 2.50. The van der Waals surface area contributed by atoms with Gasteiger partial charge in [-0.25, -0.2) is 0 Å². The van der Waals surface area contributed by atoms with Crippen molar-refractivity contribution in [3.63, 3.8) is 0 Å². The molecule has 4 aromatic carbocycles. The molecular weight excluding hydrogens is 910 g/mol. The van der Waals surface area contributed by atoms with Gasteiger partial charge in [0, 0.05) is 37.4 Å². The summed E-state index contributed by atoms with van der Waals surface area (Å²) >= 11 is 2.49. The lowest BCUT2D eigenvalue weighted by atomic mass is 9.65. The first-order valence-electron chi connectivity index (χ1n) is 27.8. The molecule has 0 saturated heterocycles. The molecule has 0 heterocycles. The molecule has 2 heteroatoms. The van der Waals surface area contributed by atoms with E-state index >= 15 is 0 Å². The number of benzene rings is 4. The van der Waals surface area contributed by atoms with Gasteiger partial charge in [-0.2, -0.15) is 0 Å². The van der Waals surface area contributed by atoms with Crippen molar-refractivity contribution in [2.45, 2.75) is 224 Å². The average Bonchev–Trinajstić information content (AvgIpc) is 3.77. The van der Waals surface area contributed by atoms with Crippen LogP contribution in [0.5, 0.6) is 0 Å². The zero-order valence-corrected chi connectivity index (χ0v) is 44.3. The summed E-state index contributed by atoms with van der Waals surface area (Å²) in [5.74, 6) is 1.00. The van der Waals surface area contributed by atoms with Crippen molar-refractivity contribution in [1.29, 1.82) is 0 Å². The minimum absolute atomic E-state index is 0.0465. The van der Waals surface area contributed by atoms with Crippen molar-refractivity contribution in [2.75, 3.05) is 4.90 Å². The third-order valence-corrected chi connectivity index (χ3v) is 17.1. The molecule has 0 saturated carbocycles. The van der Waals surface area contributed by atoms with Crippen molar-refractivity contribution in [1.82, 2.24) is 0 Å². The Balaban J connectivity index is 1.31. The van der Waals surface area contributed by atoms with E-state index in [-0.39, 0.29) is 10.8 Å². The van der Waals surface area contributed by atoms with E-state index in [1.165, 1.54) is 212 Å². The SMILES string of the molecule is CCCCCCCCC1(CCCCCCCC)c2ccccc2-c2ccc(N(c3ccc(I)cc3)c3ccc4c(c3)C(CCCCCCCC)(CCCCCCCC)C3C=CC=CC43)cc21. The number of rotatable bonds is 31. The maximum absolute atomic E-state index is 2.71. The molecule has 0 fully saturated rings. The van der Waals surface area contributed by atoms with Crippen LogP contribution in [0.1, 0.15) is 236 Å². The summed E-state index contributed by atoms with van der Waals surface area (Å²) in [5, 5.41) is 0. The highest BCUT2D eigenvalue weighted by molar-refractivity contribution is 14.1. The standard InChI is InChI=1S/C64H88IN/c1-5-9-13-17-21-29-45-63(46-30-22-18-14-10-6-2)59-35-27-25-33-55(59)57-43-41-53(49-61(57)63)66(52-39-37-51(65)38-40-52)54-42-44-58-56-34-26-28-36-60(56)64(62(58)50-54,47-31-23-19-15-11-7-3)48-32-24-20-16-12-8-4/h25-28,33-44,49-50,55,59H,5-24,29-32,45-48H2,1-4H3. The zero-order valence-electron chi connectivity index (χ0n) is 42.2. The number of unbranched alkanes of at least 4 members (excludes halogenated alkanes) is 20. The van der Waals surface area contributed by atoms with Crippen LogP contribution in [0.2, 0.25) is 0 Å². The van der Waals surface area contributed by atoms with Crippen LogP contribution in [0.4, 0.5) is 17.1 Å². The van der Waals surface area contributed by atoms with E-state index in [0.29, 0.717) is 11.8 Å². The van der Waals surface area contributed by atoms with Gasteiger partial charge in [-0.3, -0.25) is 0 Å². The molecule has 0 aromatic heterocycles. The summed E-state index contributed by atoms with van der Waals surface area (Å²) in [4.78, 5) is 2.65. The van der Waals surface area contributed by atoms with Crippen molar-refractivity contribution in [3.8, 4) is 11.1 Å². The second-order valence-electron chi connectivity index (χ2n) is 21.0. The maximum Gasteiger partial charge on any atom is 0.0465 e. The van der Waals surface area contributed by atoms with Gasteiger partial charge >= 0.3 is 0 Å². The summed E-state index contributed by atoms with van der Waals surface area (Å²) in [6.07, 6.45) is 47.3. The summed E-state index contributed by atoms with van der Waals surface area (Å²) in [6, 6.07) is 34.4. The van der Waals surface area contributed by atoms with Gasteiger partial charge in [0.2, 0.25) is 0 Å². The van der Waals surface area contributed by atoms with E-state index in [1.807, 2.05) is 0 Å². The summed E-state index contributed by atoms with van der Waals surface area (Å²) in [6.45, 7) is 9.37. The number of anilines is 3. The summed E-state index contributed by atoms with van der Waals surface area (Å²) < 4.78 is 1.28. The molecular formula is C64H88IN. The number of hydrogen-bond acceptors (Lipinski definition) is 1. The molecule has 4 aromatic rings. The van der Waals surface area contributed by atoms with Gasteiger partial charge in [0.1, 0.15) is 0 Å². The smallest absolute Gasteiger partial charge is 0.0465 e. The van der Waals surface area contributed by atoms with Crippen LogP contribution in [0, 0.1) is 9.49 Å². The van der Waals surface area contributed by atoms with E-state index in [9.17, 15) is 0 Å². The minimum Gasteiger partial charge on any atom is -0.310 e. The van der Waals surface area contributed by atoms with E-state index in [0.717, 1.165) is 0 Å². The monoisotopic (exact) mass is 998 g/mol. The van der Waals surface area contributed by atoms with Gasteiger partial charge in [0.25, 0.3) is 0 Å². The first-order chi connectivity index (χ1) is 32.5. The van der Waals surface area contributed by atoms with Gasteiger partial charge in [-0.05, 0) is 136 Å². The van der Waals surface area contributed by atoms with Crippen LogP contribution >= 0.6 is 22.6 Å². The molecule has 0 radical (unpaired) electrons. The molecule has 66 heavy (non-hydrogen) atoms. The quantitative estimate of drug-likeness (QED) is 0.0359. The molecule has 2 atom stereocenters. The second-order valence-corrected chi connectivity index (χ2v) is 22.2. The fourth-order valence-corrected chi connectivity index (χ4v) is 13.2. The Kier molecular flexibility index (Phi) is 20.0. The third-order valence-electron chi connectivity index (χ3n) is 16.4. The van der Waals surface area contributed by atoms with Gasteiger partial charge < -0.3 is 4.90 Å². The topological polar surface area (TPSA) is 3.24 Å². The Labute approximate surface area is 418 Å². The van der Waals surface area contributed by atoms with Gasteiger partial charge in [-0.1, -0.05) is 242 Å². The maximum atomic E-state index is 2.71. The van der Waals surface area contributed by atoms with E-state index in [1.54, 1.807) is 22.3 Å². The van der Waals surface area contributed by atoms with Crippen molar-refractivity contribution >= 4 is 39.7 Å². The molecule has 0 N–H and O–H groups in total. The molecule has 0 aliphatic heterocycles. The van der Waals surface area contributed by atoms with Crippen LogP contribution in [0.15, 0.2) is 109 Å². The number of nitrogens with zero attached hydrogens (tertiary/aromatic N) is 1. The van der Waals surface area contributed by atoms with Crippen LogP contribution < -0.4 is 4.90 Å². The molecule has 0 amide bonds. The van der Waals surface area contributed by atoms with Crippen LogP contribution in [-0.4, -0.2) is 0 Å². The van der Waals surface area contributed by atoms with Crippen LogP contribution in [0.3, 0.4) is 0 Å². The largest absolute Gasteiger partial charge is 0.310 e. The molecule has 0 bridgehead atoms. The fraction of sp³-hybridized carbons (Fsp3) is 0.562. The van der Waals surface area contributed by atoms with E-state index in [2.05, 4.69) is 164 Å². The molecule has 7 rings (SSSR count). The molecule has 1 nitrogen and oxygen atoms in total. The van der Waals surface area contributed by atoms with Gasteiger partial charge in [-0.15, -0.1) is 0 Å². The molecule has 3 aliphatic carbocycles. The summed E-state index contributed by atoms with van der Waals surface area (Å²) in [7, 11) is 0. The van der Waals surface area contributed by atoms with Gasteiger partial charge in [0.15, 0.2) is 0 Å². The zero-order chi connectivity index (χ0) is 46.0. The normalized spacial score (nSPS) is 17.2. The van der Waals surface area contributed by atoms with Crippen molar-refractivity contribution in [3.05, 3.63) is 135 Å². The number of hydrogen-bond donors (Lipinski definition) is 0. The second kappa shape index (κ2) is 26.0. The predicted octanol–water partition coefficient (Wildman–Crippen LogP) is 21.1. The third kappa shape index (κ3) is 12.0. The van der Waals surface area contributed by atoms with E-state index in [4.69, 9.17) is 0 Å². The lowest BCUT2D eigenvalue weighted by molar-refractivity contribution is 0.264. The highest BCUT2D eigenvalue weighted by atomic mass is 127. The average molecular weight is 998 g/mol. The fourth-order valence-electron chi connectivity index (χ4n) is 12.9. The molecule has 356 valence electrons. The predicted molar refractivity (Wildman–Crippen MR) is 298 cm³/mol. The highest BCUT2D eigenvalue weighted by Crippen LogP contribution is 2.60. The summed E-state index contributed by atoms with van der Waals surface area (Å²) in [5.41, 5.74) is 13.5. The Hall–Kier alpha value is -3.11. The first kappa shape index (κ1) is 50.8. The van der Waals surface area contributed by atoms with Crippen molar-refractivity contribution < 1.29 is 0 Å². The molecule has 0 spiro atoms. The Bertz CT molecular complexity index is 2090. The minimum atomic E-state index is 0.0465. The Morgan fingerprint density at radius 3 is 1.45 bits per heavy atom. The first-order valence-corrected chi connectivity index (χ1v) is 28.9. The number of halogens is 1. The molecule has 2 unspecified atom stereocenters. The van der Waals surface area contributed by atoms with Gasteiger partial charge in [0.05, 0.1) is 0 Å². The number of fused-ring (bicyclic) bond motifs is 6. The van der Waals surface area contributed by atoms with Crippen molar-refractivity contribution in [2.24, 2.45) is 5.92 Å².